The Hall–Kier alpha value is -1.93. The van der Waals surface area contributed by atoms with E-state index in [-0.39, 0.29) is 12.4 Å². The van der Waals surface area contributed by atoms with Gasteiger partial charge in [-0.1, -0.05) is 12.1 Å². The lowest BCUT2D eigenvalue weighted by Gasteiger charge is -2.33. The summed E-state index contributed by atoms with van der Waals surface area (Å²) < 4.78 is 4.70. The van der Waals surface area contributed by atoms with Crippen LogP contribution in [-0.4, -0.2) is 71.7 Å². The molecule has 2 N–H and O–H groups in total. The molecule has 2 heterocycles. The molecule has 0 unspecified atom stereocenters. The largest absolute Gasteiger partial charge is 0.483 e. The van der Waals surface area contributed by atoms with Gasteiger partial charge in [-0.2, -0.15) is 0 Å². The summed E-state index contributed by atoms with van der Waals surface area (Å²) in [6, 6.07) is 1.75. The van der Waals surface area contributed by atoms with Crippen LogP contribution in [-0.2, 0) is 16.1 Å². The summed E-state index contributed by atoms with van der Waals surface area (Å²) in [5.41, 5.74) is 0.749. The number of piperazine rings is 1. The fourth-order valence-corrected chi connectivity index (χ4v) is 2.04. The van der Waals surface area contributed by atoms with E-state index in [1.165, 1.54) is 6.26 Å². The van der Waals surface area contributed by atoms with Crippen LogP contribution in [0.2, 0.25) is 0 Å². The standard InChI is InChI=1S/C12H20N4O2.CH2O2/c1-2-15-4-6-16(7-5-15)10-12(17)13-9-11-3-8-18-14-11;2-1-3/h3,8H,2,4-7,9-10H2,1H3,(H,13,17);1H,(H,2,3). The third kappa shape index (κ3) is 6.87. The van der Waals surface area contributed by atoms with Gasteiger partial charge in [0, 0.05) is 32.2 Å². The van der Waals surface area contributed by atoms with Gasteiger partial charge in [-0.15, -0.1) is 0 Å². The van der Waals surface area contributed by atoms with E-state index in [2.05, 4.69) is 27.2 Å². The molecule has 1 aliphatic rings. The second kappa shape index (κ2) is 9.89. The van der Waals surface area contributed by atoms with Crippen LogP contribution in [0.5, 0.6) is 0 Å². The van der Waals surface area contributed by atoms with Gasteiger partial charge in [-0.05, 0) is 6.54 Å². The van der Waals surface area contributed by atoms with Crippen LogP contribution in [0.25, 0.3) is 0 Å². The van der Waals surface area contributed by atoms with Gasteiger partial charge < -0.3 is 19.8 Å². The second-order valence-corrected chi connectivity index (χ2v) is 4.58. The highest BCUT2D eigenvalue weighted by atomic mass is 16.5. The van der Waals surface area contributed by atoms with E-state index in [0.29, 0.717) is 13.1 Å². The van der Waals surface area contributed by atoms with Crippen molar-refractivity contribution in [3.8, 4) is 0 Å². The number of hydrogen-bond acceptors (Lipinski definition) is 6. The summed E-state index contributed by atoms with van der Waals surface area (Å²) >= 11 is 0. The lowest BCUT2D eigenvalue weighted by Crippen LogP contribution is -2.49. The van der Waals surface area contributed by atoms with Crippen molar-refractivity contribution in [3.05, 3.63) is 18.0 Å². The summed E-state index contributed by atoms with van der Waals surface area (Å²) in [5.74, 6) is 0.0444. The van der Waals surface area contributed by atoms with E-state index in [9.17, 15) is 4.79 Å². The minimum absolute atomic E-state index is 0.0444. The normalized spacial score (nSPS) is 15.9. The molecule has 0 radical (unpaired) electrons. The molecule has 1 saturated heterocycles. The van der Waals surface area contributed by atoms with Crippen molar-refractivity contribution in [2.24, 2.45) is 0 Å². The number of hydrogen-bond donors (Lipinski definition) is 2. The molecule has 1 aliphatic heterocycles. The molecule has 0 aliphatic carbocycles. The van der Waals surface area contributed by atoms with Crippen LogP contribution >= 0.6 is 0 Å². The minimum atomic E-state index is -0.250. The van der Waals surface area contributed by atoms with E-state index in [1.54, 1.807) is 6.07 Å². The lowest BCUT2D eigenvalue weighted by molar-refractivity contribution is -0.123. The number of rotatable bonds is 5. The fraction of sp³-hybridized carbons (Fsp3) is 0.615. The Bertz CT molecular complexity index is 402. The number of aromatic nitrogens is 1. The Kier molecular flexibility index (Phi) is 8.07. The highest BCUT2D eigenvalue weighted by Gasteiger charge is 2.17. The number of likely N-dealkylation sites (N-methyl/N-ethyl adjacent to an activating group) is 1. The van der Waals surface area contributed by atoms with Gasteiger partial charge in [-0.3, -0.25) is 14.5 Å². The highest BCUT2D eigenvalue weighted by molar-refractivity contribution is 5.77. The zero-order chi connectivity index (χ0) is 15.5. The van der Waals surface area contributed by atoms with Gasteiger partial charge in [0.25, 0.3) is 6.47 Å². The van der Waals surface area contributed by atoms with Crippen LogP contribution in [0.3, 0.4) is 0 Å². The summed E-state index contributed by atoms with van der Waals surface area (Å²) in [6.45, 7) is 7.93. The molecule has 0 aromatic carbocycles. The third-order valence-corrected chi connectivity index (χ3v) is 3.24. The van der Waals surface area contributed by atoms with Crippen molar-refractivity contribution in [2.75, 3.05) is 39.3 Å². The first-order valence-electron chi connectivity index (χ1n) is 6.88. The molecule has 21 heavy (non-hydrogen) atoms. The van der Waals surface area contributed by atoms with E-state index in [0.717, 1.165) is 38.4 Å². The Balaban J connectivity index is 0.000000677. The van der Waals surface area contributed by atoms with Crippen molar-refractivity contribution in [2.45, 2.75) is 13.5 Å². The summed E-state index contributed by atoms with van der Waals surface area (Å²) in [6.07, 6.45) is 1.51. The molecule has 118 valence electrons. The van der Waals surface area contributed by atoms with E-state index < -0.39 is 0 Å². The molecule has 1 amide bonds. The van der Waals surface area contributed by atoms with E-state index in [1.807, 2.05) is 0 Å². The van der Waals surface area contributed by atoms with Crippen LogP contribution < -0.4 is 5.32 Å². The number of carboxylic acid groups (broad SMARTS) is 1. The molecule has 8 heteroatoms. The Morgan fingerprint density at radius 1 is 1.43 bits per heavy atom. The van der Waals surface area contributed by atoms with Crippen LogP contribution in [0.4, 0.5) is 0 Å². The van der Waals surface area contributed by atoms with Gasteiger partial charge in [0.1, 0.15) is 12.0 Å². The maximum atomic E-state index is 11.7. The molecule has 8 nitrogen and oxygen atoms in total. The molecule has 1 fully saturated rings. The van der Waals surface area contributed by atoms with Gasteiger partial charge in [0.05, 0.1) is 13.1 Å². The average molecular weight is 298 g/mol. The van der Waals surface area contributed by atoms with E-state index in [4.69, 9.17) is 14.4 Å². The average Bonchev–Trinajstić information content (AvgIpc) is 3.00. The van der Waals surface area contributed by atoms with Crippen molar-refractivity contribution in [3.63, 3.8) is 0 Å². The van der Waals surface area contributed by atoms with Crippen molar-refractivity contribution < 1.29 is 19.2 Å². The molecule has 2 rings (SSSR count). The first-order chi connectivity index (χ1) is 10.2. The third-order valence-electron chi connectivity index (χ3n) is 3.24. The quantitative estimate of drug-likeness (QED) is 0.715. The van der Waals surface area contributed by atoms with E-state index >= 15 is 0 Å². The molecule has 0 spiro atoms. The second-order valence-electron chi connectivity index (χ2n) is 4.58. The van der Waals surface area contributed by atoms with Crippen molar-refractivity contribution >= 4 is 12.4 Å². The first kappa shape index (κ1) is 17.1. The van der Waals surface area contributed by atoms with Crippen molar-refractivity contribution in [1.29, 1.82) is 0 Å². The van der Waals surface area contributed by atoms with Crippen molar-refractivity contribution in [1.82, 2.24) is 20.3 Å². The fourth-order valence-electron chi connectivity index (χ4n) is 2.04. The molecule has 0 saturated carbocycles. The molecule has 1 aromatic heterocycles. The Labute approximate surface area is 123 Å². The summed E-state index contributed by atoms with van der Waals surface area (Å²) in [4.78, 5) is 24.7. The lowest BCUT2D eigenvalue weighted by atomic mass is 10.3. The SMILES string of the molecule is CCN1CCN(CC(=O)NCc2ccon2)CC1.O=CO. The van der Waals surface area contributed by atoms with Crippen LogP contribution in [0.1, 0.15) is 12.6 Å². The minimum Gasteiger partial charge on any atom is -0.483 e. The Morgan fingerprint density at radius 3 is 2.57 bits per heavy atom. The Morgan fingerprint density at radius 2 is 2.05 bits per heavy atom. The number of nitrogens with one attached hydrogen (secondary N) is 1. The number of carbonyl (C=O) groups is 2. The van der Waals surface area contributed by atoms with Gasteiger partial charge in [0.2, 0.25) is 5.91 Å². The predicted octanol–water partition coefficient (Wildman–Crippen LogP) is -0.371. The van der Waals surface area contributed by atoms with Gasteiger partial charge in [0.15, 0.2) is 0 Å². The number of carbonyl (C=O) groups excluding carboxylic acids is 1. The summed E-state index contributed by atoms with van der Waals surface area (Å²) in [5, 5.41) is 13.5. The molecule has 0 bridgehead atoms. The summed E-state index contributed by atoms with van der Waals surface area (Å²) in [7, 11) is 0. The monoisotopic (exact) mass is 298 g/mol. The maximum absolute atomic E-state index is 11.7. The number of amides is 1. The smallest absolute Gasteiger partial charge is 0.290 e. The van der Waals surface area contributed by atoms with Gasteiger partial charge >= 0.3 is 0 Å². The topological polar surface area (TPSA) is 98.9 Å². The first-order valence-corrected chi connectivity index (χ1v) is 6.88. The van der Waals surface area contributed by atoms with Crippen LogP contribution in [0.15, 0.2) is 16.9 Å². The zero-order valence-electron chi connectivity index (χ0n) is 12.2. The maximum Gasteiger partial charge on any atom is 0.290 e. The van der Waals surface area contributed by atoms with Crippen LogP contribution in [0, 0.1) is 0 Å². The molecular weight excluding hydrogens is 276 g/mol. The molecule has 0 atom stereocenters. The molecular formula is C13H22N4O4. The highest BCUT2D eigenvalue weighted by Crippen LogP contribution is 2.00. The molecule has 1 aromatic rings. The zero-order valence-corrected chi connectivity index (χ0v) is 12.2. The predicted molar refractivity (Wildman–Crippen MR) is 75.6 cm³/mol. The van der Waals surface area contributed by atoms with Gasteiger partial charge in [-0.25, -0.2) is 0 Å². The number of nitrogens with zero attached hydrogens (tertiary/aromatic N) is 3.